The zero-order valence-corrected chi connectivity index (χ0v) is 11.7. The molecule has 2 aromatic rings. The lowest BCUT2D eigenvalue weighted by Crippen LogP contribution is -2.47. The molecule has 2 atom stereocenters. The Balaban J connectivity index is 2.01. The summed E-state index contributed by atoms with van der Waals surface area (Å²) in [5.41, 5.74) is 8.21. The highest BCUT2D eigenvalue weighted by Gasteiger charge is 2.28. The van der Waals surface area contributed by atoms with Crippen molar-refractivity contribution in [3.05, 3.63) is 24.3 Å². The van der Waals surface area contributed by atoms with Gasteiger partial charge in [-0.1, -0.05) is 19.1 Å². The number of hydrogen-bond acceptors (Lipinski definition) is 3. The SMILES string of the molecule is CC1CCN(c2nc3ccccc3n2C)C(CN)C1. The molecule has 0 aliphatic carbocycles. The van der Waals surface area contributed by atoms with Crippen molar-refractivity contribution in [1.82, 2.24) is 9.55 Å². The van der Waals surface area contributed by atoms with E-state index in [0.29, 0.717) is 12.6 Å². The zero-order valence-electron chi connectivity index (χ0n) is 11.7. The van der Waals surface area contributed by atoms with Gasteiger partial charge in [0.15, 0.2) is 0 Å². The van der Waals surface area contributed by atoms with Gasteiger partial charge in [0.05, 0.1) is 11.0 Å². The van der Waals surface area contributed by atoms with Crippen molar-refractivity contribution in [2.24, 2.45) is 18.7 Å². The van der Waals surface area contributed by atoms with Crippen LogP contribution >= 0.6 is 0 Å². The number of imidazole rings is 1. The van der Waals surface area contributed by atoms with Crippen LogP contribution < -0.4 is 10.6 Å². The van der Waals surface area contributed by atoms with Crippen molar-refractivity contribution in [2.75, 3.05) is 18.0 Å². The number of anilines is 1. The van der Waals surface area contributed by atoms with Gasteiger partial charge in [0.25, 0.3) is 0 Å². The Morgan fingerprint density at radius 2 is 2.16 bits per heavy atom. The lowest BCUT2D eigenvalue weighted by molar-refractivity contribution is 0.361. The Hall–Kier alpha value is -1.55. The summed E-state index contributed by atoms with van der Waals surface area (Å²) in [6, 6.07) is 8.71. The van der Waals surface area contributed by atoms with E-state index in [-0.39, 0.29) is 0 Å². The van der Waals surface area contributed by atoms with Gasteiger partial charge in [0, 0.05) is 26.2 Å². The van der Waals surface area contributed by atoms with E-state index < -0.39 is 0 Å². The number of benzene rings is 1. The number of aryl methyl sites for hydroxylation is 1. The quantitative estimate of drug-likeness (QED) is 0.897. The molecule has 0 radical (unpaired) electrons. The summed E-state index contributed by atoms with van der Waals surface area (Å²) in [7, 11) is 2.09. The number of hydrogen-bond donors (Lipinski definition) is 1. The fraction of sp³-hybridized carbons (Fsp3) is 0.533. The molecule has 1 aromatic carbocycles. The van der Waals surface area contributed by atoms with Crippen LogP contribution in [0.4, 0.5) is 5.95 Å². The molecule has 0 spiro atoms. The molecule has 1 aliphatic heterocycles. The number of nitrogens with two attached hydrogens (primary N) is 1. The molecule has 0 amide bonds. The first-order valence-electron chi connectivity index (χ1n) is 7.09. The third-order valence-electron chi connectivity index (χ3n) is 4.27. The van der Waals surface area contributed by atoms with Crippen LogP contribution in [0.3, 0.4) is 0 Å². The highest BCUT2D eigenvalue weighted by molar-refractivity contribution is 5.78. The van der Waals surface area contributed by atoms with Crippen molar-refractivity contribution in [2.45, 2.75) is 25.8 Å². The van der Waals surface area contributed by atoms with Crippen molar-refractivity contribution >= 4 is 17.0 Å². The van der Waals surface area contributed by atoms with Gasteiger partial charge in [-0.15, -0.1) is 0 Å². The summed E-state index contributed by atoms with van der Waals surface area (Å²) >= 11 is 0. The number of piperidine rings is 1. The van der Waals surface area contributed by atoms with Crippen LogP contribution in [-0.4, -0.2) is 28.7 Å². The first-order chi connectivity index (χ1) is 9.20. The van der Waals surface area contributed by atoms with Crippen molar-refractivity contribution in [1.29, 1.82) is 0 Å². The first kappa shape index (κ1) is 12.5. The van der Waals surface area contributed by atoms with Crippen LogP contribution in [0.1, 0.15) is 19.8 Å². The predicted molar refractivity (Wildman–Crippen MR) is 79.3 cm³/mol. The Labute approximate surface area is 114 Å². The average molecular weight is 258 g/mol. The van der Waals surface area contributed by atoms with Crippen LogP contribution in [0.15, 0.2) is 24.3 Å². The number of nitrogens with zero attached hydrogens (tertiary/aromatic N) is 3. The van der Waals surface area contributed by atoms with Crippen molar-refractivity contribution in [3.63, 3.8) is 0 Å². The second-order valence-electron chi connectivity index (χ2n) is 5.67. The topological polar surface area (TPSA) is 47.1 Å². The highest BCUT2D eigenvalue weighted by Crippen LogP contribution is 2.29. The van der Waals surface area contributed by atoms with Crippen LogP contribution in [0, 0.1) is 5.92 Å². The predicted octanol–water partition coefficient (Wildman–Crippen LogP) is 2.14. The molecule has 1 aromatic heterocycles. The van der Waals surface area contributed by atoms with E-state index >= 15 is 0 Å². The zero-order chi connectivity index (χ0) is 13.4. The van der Waals surface area contributed by atoms with E-state index in [9.17, 15) is 0 Å². The number of aromatic nitrogens is 2. The molecule has 2 N–H and O–H groups in total. The Morgan fingerprint density at radius 1 is 1.37 bits per heavy atom. The molecule has 2 unspecified atom stereocenters. The van der Waals surface area contributed by atoms with Gasteiger partial charge < -0.3 is 15.2 Å². The maximum atomic E-state index is 5.96. The molecule has 3 rings (SSSR count). The third-order valence-corrected chi connectivity index (χ3v) is 4.27. The molecule has 1 saturated heterocycles. The number of rotatable bonds is 2. The molecule has 1 aliphatic rings. The smallest absolute Gasteiger partial charge is 0.206 e. The lowest BCUT2D eigenvalue weighted by atomic mass is 9.93. The summed E-state index contributed by atoms with van der Waals surface area (Å²) in [4.78, 5) is 7.18. The summed E-state index contributed by atoms with van der Waals surface area (Å²) in [5, 5.41) is 0. The summed E-state index contributed by atoms with van der Waals surface area (Å²) in [6.07, 6.45) is 2.39. The fourth-order valence-electron chi connectivity index (χ4n) is 3.13. The van der Waals surface area contributed by atoms with Gasteiger partial charge in [0.2, 0.25) is 5.95 Å². The summed E-state index contributed by atoms with van der Waals surface area (Å²) in [5.74, 6) is 1.82. The van der Waals surface area contributed by atoms with E-state index in [1.165, 1.54) is 18.4 Å². The Morgan fingerprint density at radius 3 is 2.89 bits per heavy atom. The van der Waals surface area contributed by atoms with Crippen molar-refractivity contribution < 1.29 is 0 Å². The average Bonchev–Trinajstić information content (AvgIpc) is 2.76. The van der Waals surface area contributed by atoms with E-state index in [4.69, 9.17) is 10.7 Å². The third kappa shape index (κ3) is 2.10. The molecule has 4 nitrogen and oxygen atoms in total. The Kier molecular flexibility index (Phi) is 3.19. The van der Waals surface area contributed by atoms with Gasteiger partial charge in [-0.05, 0) is 30.9 Å². The second kappa shape index (κ2) is 4.85. The minimum Gasteiger partial charge on any atom is -0.338 e. The number of fused-ring (bicyclic) bond motifs is 1. The van der Waals surface area contributed by atoms with Crippen LogP contribution in [0.5, 0.6) is 0 Å². The van der Waals surface area contributed by atoms with Gasteiger partial charge in [-0.2, -0.15) is 0 Å². The highest BCUT2D eigenvalue weighted by atomic mass is 15.3. The molecular formula is C15H22N4. The van der Waals surface area contributed by atoms with Crippen LogP contribution in [0.2, 0.25) is 0 Å². The first-order valence-corrected chi connectivity index (χ1v) is 7.09. The van der Waals surface area contributed by atoms with Crippen LogP contribution in [-0.2, 0) is 7.05 Å². The van der Waals surface area contributed by atoms with E-state index in [1.54, 1.807) is 0 Å². The minimum absolute atomic E-state index is 0.416. The molecule has 19 heavy (non-hydrogen) atoms. The normalized spacial score (nSPS) is 24.1. The lowest BCUT2D eigenvalue weighted by Gasteiger charge is -2.38. The van der Waals surface area contributed by atoms with E-state index in [1.807, 2.05) is 6.07 Å². The summed E-state index contributed by atoms with van der Waals surface area (Å²) < 4.78 is 2.19. The molecular weight excluding hydrogens is 236 g/mol. The Bertz CT molecular complexity index is 575. The largest absolute Gasteiger partial charge is 0.338 e. The molecule has 1 fully saturated rings. The standard InChI is InChI=1S/C15H22N4/c1-11-7-8-19(12(9-11)10-16)15-17-13-5-3-4-6-14(13)18(15)2/h3-6,11-12H,7-10,16H2,1-2H3. The minimum atomic E-state index is 0.416. The monoisotopic (exact) mass is 258 g/mol. The maximum Gasteiger partial charge on any atom is 0.206 e. The van der Waals surface area contributed by atoms with Gasteiger partial charge in [0.1, 0.15) is 0 Å². The van der Waals surface area contributed by atoms with E-state index in [0.717, 1.165) is 23.9 Å². The van der Waals surface area contributed by atoms with Gasteiger partial charge in [-0.3, -0.25) is 0 Å². The van der Waals surface area contributed by atoms with Crippen LogP contribution in [0.25, 0.3) is 11.0 Å². The molecule has 4 heteroatoms. The fourth-order valence-corrected chi connectivity index (χ4v) is 3.13. The number of para-hydroxylation sites is 2. The molecule has 2 heterocycles. The van der Waals surface area contributed by atoms with Crippen molar-refractivity contribution in [3.8, 4) is 0 Å². The van der Waals surface area contributed by atoms with E-state index in [2.05, 4.69) is 41.6 Å². The molecule has 0 bridgehead atoms. The second-order valence-corrected chi connectivity index (χ2v) is 5.67. The molecule has 0 saturated carbocycles. The summed E-state index contributed by atoms with van der Waals surface area (Å²) in [6.45, 7) is 4.07. The maximum absolute atomic E-state index is 5.96. The van der Waals surface area contributed by atoms with Gasteiger partial charge in [-0.25, -0.2) is 4.98 Å². The molecule has 102 valence electrons. The van der Waals surface area contributed by atoms with Gasteiger partial charge >= 0.3 is 0 Å².